The molecular weight excluding hydrogens is 244 g/mol. The second-order valence-corrected chi connectivity index (χ2v) is 5.36. The summed E-state index contributed by atoms with van der Waals surface area (Å²) in [7, 11) is 0. The highest BCUT2D eigenvalue weighted by atomic mass is 35.5. The molecule has 4 heteroatoms. The van der Waals surface area contributed by atoms with Crippen LogP contribution in [0, 0.1) is 11.6 Å². The predicted octanol–water partition coefficient (Wildman–Crippen LogP) is 4.46. The Morgan fingerprint density at radius 2 is 1.71 bits per heavy atom. The van der Waals surface area contributed by atoms with Gasteiger partial charge in [-0.25, -0.2) is 13.8 Å². The zero-order valence-electron chi connectivity index (χ0n) is 9.81. The number of nitrogens with zero attached hydrogens (tertiary/aromatic N) is 1. The van der Waals surface area contributed by atoms with Gasteiger partial charge in [0.05, 0.1) is 0 Å². The molecule has 0 radical (unpaired) electrons. The number of hydrogen-bond acceptors (Lipinski definition) is 1. The van der Waals surface area contributed by atoms with Crippen molar-refractivity contribution in [3.8, 4) is 0 Å². The highest BCUT2D eigenvalue weighted by molar-refractivity contribution is 6.30. The largest absolute Gasteiger partial charge is 0.233 e. The third kappa shape index (κ3) is 2.12. The van der Waals surface area contributed by atoms with E-state index in [9.17, 15) is 8.78 Å². The van der Waals surface area contributed by atoms with E-state index in [1.807, 2.05) is 20.8 Å². The summed E-state index contributed by atoms with van der Waals surface area (Å²) in [6.07, 6.45) is 0. The van der Waals surface area contributed by atoms with E-state index in [1.54, 1.807) is 6.07 Å². The maximum Gasteiger partial charge on any atom is 0.149 e. The monoisotopic (exact) mass is 255 g/mol. The number of benzene rings is 1. The summed E-state index contributed by atoms with van der Waals surface area (Å²) in [5.41, 5.74) is 0.413. The van der Waals surface area contributed by atoms with E-state index >= 15 is 0 Å². The van der Waals surface area contributed by atoms with Crippen LogP contribution >= 0.6 is 11.6 Å². The average Bonchev–Trinajstić information content (AvgIpc) is 2.21. The molecule has 0 saturated heterocycles. The van der Waals surface area contributed by atoms with Crippen molar-refractivity contribution < 1.29 is 8.78 Å². The van der Waals surface area contributed by atoms with Crippen molar-refractivity contribution in [2.24, 2.45) is 0 Å². The van der Waals surface area contributed by atoms with E-state index in [-0.39, 0.29) is 21.5 Å². The Morgan fingerprint density at radius 3 is 2.29 bits per heavy atom. The summed E-state index contributed by atoms with van der Waals surface area (Å²) in [5, 5.41) is 0.383. The molecule has 1 aromatic heterocycles. The molecule has 0 fully saturated rings. The van der Waals surface area contributed by atoms with E-state index in [0.717, 1.165) is 12.1 Å². The Hall–Kier alpha value is -1.22. The molecule has 2 aromatic rings. The van der Waals surface area contributed by atoms with E-state index in [2.05, 4.69) is 4.98 Å². The first-order valence-corrected chi connectivity index (χ1v) is 5.63. The average molecular weight is 256 g/mol. The quantitative estimate of drug-likeness (QED) is 0.633. The maximum atomic E-state index is 13.6. The number of fused-ring (bicyclic) bond motifs is 1. The van der Waals surface area contributed by atoms with Gasteiger partial charge in [-0.15, -0.1) is 0 Å². The summed E-state index contributed by atoms with van der Waals surface area (Å²) in [5.74, 6) is -1.06. The van der Waals surface area contributed by atoms with E-state index in [0.29, 0.717) is 5.56 Å². The third-order valence-corrected chi connectivity index (χ3v) is 2.93. The highest BCUT2D eigenvalue weighted by Crippen LogP contribution is 2.32. The minimum Gasteiger partial charge on any atom is -0.233 e. The van der Waals surface area contributed by atoms with Gasteiger partial charge in [-0.2, -0.15) is 0 Å². The minimum absolute atomic E-state index is 0.0250. The summed E-state index contributed by atoms with van der Waals surface area (Å²) in [6.45, 7) is 5.83. The second-order valence-electron chi connectivity index (χ2n) is 5.00. The molecule has 0 saturated carbocycles. The SMILES string of the molecule is CC(C)(C)c1cc2c(F)ccc(F)c2nc1Cl. The van der Waals surface area contributed by atoms with Crippen LogP contribution in [0.15, 0.2) is 18.2 Å². The van der Waals surface area contributed by atoms with Crippen LogP contribution in [0.25, 0.3) is 10.9 Å². The molecule has 0 unspecified atom stereocenters. The first-order valence-electron chi connectivity index (χ1n) is 5.25. The Kier molecular flexibility index (Phi) is 2.82. The van der Waals surface area contributed by atoms with Crippen LogP contribution in [-0.4, -0.2) is 4.98 Å². The molecule has 0 N–H and O–H groups in total. The smallest absolute Gasteiger partial charge is 0.149 e. The second kappa shape index (κ2) is 3.91. The molecule has 0 aliphatic heterocycles. The fourth-order valence-electron chi connectivity index (χ4n) is 1.70. The summed E-state index contributed by atoms with van der Waals surface area (Å²) in [4.78, 5) is 3.95. The number of aromatic nitrogens is 1. The Morgan fingerprint density at radius 1 is 1.12 bits per heavy atom. The molecule has 90 valence electrons. The third-order valence-electron chi connectivity index (χ3n) is 2.64. The van der Waals surface area contributed by atoms with E-state index in [4.69, 9.17) is 11.6 Å². The fourth-order valence-corrected chi connectivity index (χ4v) is 2.12. The molecule has 1 nitrogen and oxygen atoms in total. The van der Waals surface area contributed by atoms with Gasteiger partial charge in [0.15, 0.2) is 0 Å². The van der Waals surface area contributed by atoms with Gasteiger partial charge in [0, 0.05) is 5.39 Å². The van der Waals surface area contributed by atoms with Crippen molar-refractivity contribution in [1.29, 1.82) is 0 Å². The highest BCUT2D eigenvalue weighted by Gasteiger charge is 2.21. The van der Waals surface area contributed by atoms with Gasteiger partial charge >= 0.3 is 0 Å². The van der Waals surface area contributed by atoms with Gasteiger partial charge in [-0.05, 0) is 29.2 Å². The molecule has 0 spiro atoms. The van der Waals surface area contributed by atoms with Crippen LogP contribution < -0.4 is 0 Å². The molecule has 0 amide bonds. The molecule has 0 atom stereocenters. The number of pyridine rings is 1. The van der Waals surface area contributed by atoms with Gasteiger partial charge in [-0.3, -0.25) is 0 Å². The van der Waals surface area contributed by atoms with Gasteiger partial charge in [0.1, 0.15) is 22.3 Å². The van der Waals surface area contributed by atoms with Gasteiger partial charge in [0.25, 0.3) is 0 Å². The molecule has 17 heavy (non-hydrogen) atoms. The number of rotatable bonds is 0. The van der Waals surface area contributed by atoms with Crippen molar-refractivity contribution in [3.05, 3.63) is 40.6 Å². The lowest BCUT2D eigenvalue weighted by molar-refractivity contribution is 0.585. The first-order chi connectivity index (χ1) is 7.80. The zero-order valence-corrected chi connectivity index (χ0v) is 10.6. The molecule has 1 aromatic carbocycles. The lowest BCUT2D eigenvalue weighted by Crippen LogP contribution is -2.13. The number of halogens is 3. The summed E-state index contributed by atoms with van der Waals surface area (Å²) < 4.78 is 27.1. The minimum atomic E-state index is -0.566. The molecule has 0 aliphatic rings. The van der Waals surface area contributed by atoms with E-state index < -0.39 is 11.6 Å². The standard InChI is InChI=1S/C13H12ClF2N/c1-13(2,3)8-6-7-9(15)4-5-10(16)11(7)17-12(8)14/h4-6H,1-3H3. The molecule has 2 rings (SSSR count). The molecule has 0 bridgehead atoms. The van der Waals surface area contributed by atoms with Crippen LogP contribution in [0.5, 0.6) is 0 Å². The maximum absolute atomic E-state index is 13.6. The normalized spacial score (nSPS) is 12.1. The van der Waals surface area contributed by atoms with Crippen molar-refractivity contribution in [1.82, 2.24) is 4.98 Å². The van der Waals surface area contributed by atoms with Crippen LogP contribution in [0.2, 0.25) is 5.15 Å². The van der Waals surface area contributed by atoms with Crippen molar-refractivity contribution in [2.45, 2.75) is 26.2 Å². The van der Waals surface area contributed by atoms with Crippen molar-refractivity contribution in [2.75, 3.05) is 0 Å². The first kappa shape index (κ1) is 12.2. The topological polar surface area (TPSA) is 12.9 Å². The molecule has 1 heterocycles. The number of hydrogen-bond donors (Lipinski definition) is 0. The summed E-state index contributed by atoms with van der Waals surface area (Å²) >= 11 is 6.01. The molecular formula is C13H12ClF2N. The lowest BCUT2D eigenvalue weighted by Gasteiger charge is -2.20. The van der Waals surface area contributed by atoms with Gasteiger partial charge < -0.3 is 0 Å². The van der Waals surface area contributed by atoms with Crippen LogP contribution in [-0.2, 0) is 5.41 Å². The Bertz CT molecular complexity index is 588. The summed E-state index contributed by atoms with van der Waals surface area (Å²) in [6, 6.07) is 3.72. The Labute approximate surface area is 103 Å². The zero-order chi connectivity index (χ0) is 12.8. The molecule has 0 aliphatic carbocycles. The fraction of sp³-hybridized carbons (Fsp3) is 0.308. The lowest BCUT2D eigenvalue weighted by atomic mass is 9.87. The van der Waals surface area contributed by atoms with Crippen LogP contribution in [0.1, 0.15) is 26.3 Å². The predicted molar refractivity (Wildman–Crippen MR) is 65.4 cm³/mol. The Balaban J connectivity index is 2.85. The van der Waals surface area contributed by atoms with Gasteiger partial charge in [-0.1, -0.05) is 32.4 Å². The van der Waals surface area contributed by atoms with E-state index in [1.165, 1.54) is 0 Å². The van der Waals surface area contributed by atoms with Crippen molar-refractivity contribution in [3.63, 3.8) is 0 Å². The van der Waals surface area contributed by atoms with Crippen molar-refractivity contribution >= 4 is 22.5 Å². The van der Waals surface area contributed by atoms with Crippen LogP contribution in [0.3, 0.4) is 0 Å². The van der Waals surface area contributed by atoms with Gasteiger partial charge in [0.2, 0.25) is 0 Å². The van der Waals surface area contributed by atoms with Crippen LogP contribution in [0.4, 0.5) is 8.78 Å².